The van der Waals surface area contributed by atoms with Crippen LogP contribution in [0.5, 0.6) is 0 Å². The predicted octanol–water partition coefficient (Wildman–Crippen LogP) is 8.15. The smallest absolute Gasteiger partial charge is 0.198 e. The van der Waals surface area contributed by atoms with E-state index in [1.807, 2.05) is 70.3 Å². The van der Waals surface area contributed by atoms with Gasteiger partial charge < -0.3 is 0 Å². The standard InChI is InChI=1S/C45H44N12/c1-43(17-9-10-18-43)21-33-23-48-41-39(52-33)50-29-56(41)37-27-46-25-35(54-37)45(31-13-5-3-6-14-31,32-15-7-4-8-16-32)36-26-47-28-38(55-36)57-30-51-40-42(57)49-24-34(53-40)22-44(2)19-11-12-20-44/h3-8,13-16,23-30H,9-12,17-22H2,1-2H3. The molecule has 0 saturated heterocycles. The Hall–Kier alpha value is -6.30. The van der Waals surface area contributed by atoms with Crippen molar-refractivity contribution in [2.45, 2.75) is 83.5 Å². The second-order valence-electron chi connectivity index (χ2n) is 16.6. The average molecular weight is 753 g/mol. The summed E-state index contributed by atoms with van der Waals surface area (Å²) in [5, 5.41) is 0. The molecule has 12 nitrogen and oxygen atoms in total. The number of fused-ring (bicyclic) bond motifs is 2. The number of nitrogens with zero attached hydrogens (tertiary/aromatic N) is 12. The van der Waals surface area contributed by atoms with Crippen molar-refractivity contribution in [1.82, 2.24) is 59.0 Å². The van der Waals surface area contributed by atoms with Crippen molar-refractivity contribution in [3.05, 3.63) is 144 Å². The lowest BCUT2D eigenvalue weighted by Gasteiger charge is -2.34. The summed E-state index contributed by atoms with van der Waals surface area (Å²) in [6.45, 7) is 4.71. The molecule has 6 heterocycles. The van der Waals surface area contributed by atoms with E-state index in [9.17, 15) is 0 Å². The quantitative estimate of drug-likeness (QED) is 0.135. The average Bonchev–Trinajstić information content (AvgIpc) is 4.06. The number of imidazole rings is 2. The van der Waals surface area contributed by atoms with Crippen LogP contribution in [0.1, 0.15) is 99.1 Å². The Morgan fingerprint density at radius 1 is 0.509 bits per heavy atom. The molecule has 284 valence electrons. The van der Waals surface area contributed by atoms with Crippen molar-refractivity contribution < 1.29 is 0 Å². The van der Waals surface area contributed by atoms with Crippen LogP contribution >= 0.6 is 0 Å². The molecule has 6 aromatic heterocycles. The van der Waals surface area contributed by atoms with Crippen LogP contribution in [0.25, 0.3) is 34.2 Å². The summed E-state index contributed by atoms with van der Waals surface area (Å²) >= 11 is 0. The lowest BCUT2D eigenvalue weighted by atomic mass is 9.69. The molecular weight excluding hydrogens is 709 g/mol. The lowest BCUT2D eigenvalue weighted by Crippen LogP contribution is -2.34. The van der Waals surface area contributed by atoms with Crippen molar-refractivity contribution in [2.24, 2.45) is 10.8 Å². The predicted molar refractivity (Wildman–Crippen MR) is 217 cm³/mol. The third kappa shape index (κ3) is 6.33. The van der Waals surface area contributed by atoms with Gasteiger partial charge in [0.25, 0.3) is 0 Å². The third-order valence-electron chi connectivity index (χ3n) is 12.4. The zero-order chi connectivity index (χ0) is 38.5. The highest BCUT2D eigenvalue weighted by molar-refractivity contribution is 5.69. The van der Waals surface area contributed by atoms with Crippen LogP contribution < -0.4 is 0 Å². The summed E-state index contributed by atoms with van der Waals surface area (Å²) in [5.74, 6) is 1.14. The Labute approximate surface area is 331 Å². The maximum atomic E-state index is 5.37. The molecule has 0 bridgehead atoms. The highest BCUT2D eigenvalue weighted by Crippen LogP contribution is 2.44. The molecule has 2 fully saturated rings. The van der Waals surface area contributed by atoms with Crippen LogP contribution in [0.4, 0.5) is 0 Å². The molecule has 0 radical (unpaired) electrons. The molecule has 2 aromatic carbocycles. The fourth-order valence-electron chi connectivity index (χ4n) is 9.43. The van der Waals surface area contributed by atoms with Gasteiger partial charge in [-0.25, -0.2) is 39.9 Å². The lowest BCUT2D eigenvalue weighted by molar-refractivity contribution is 0.331. The zero-order valence-electron chi connectivity index (χ0n) is 32.3. The molecule has 2 aliphatic carbocycles. The maximum Gasteiger partial charge on any atom is 0.198 e. The summed E-state index contributed by atoms with van der Waals surface area (Å²) in [6, 6.07) is 20.6. The van der Waals surface area contributed by atoms with Gasteiger partial charge in [0.2, 0.25) is 0 Å². The molecule has 0 aliphatic heterocycles. The van der Waals surface area contributed by atoms with Crippen molar-refractivity contribution in [2.75, 3.05) is 0 Å². The van der Waals surface area contributed by atoms with Crippen LogP contribution in [-0.4, -0.2) is 59.0 Å². The van der Waals surface area contributed by atoms with Crippen molar-refractivity contribution in [3.8, 4) is 11.6 Å². The normalized spacial score (nSPS) is 16.5. The van der Waals surface area contributed by atoms with Crippen LogP contribution in [0, 0.1) is 10.8 Å². The third-order valence-corrected chi connectivity index (χ3v) is 12.4. The number of hydrogen-bond donors (Lipinski definition) is 0. The van der Waals surface area contributed by atoms with Crippen molar-refractivity contribution in [1.29, 1.82) is 0 Å². The summed E-state index contributed by atoms with van der Waals surface area (Å²) in [6.07, 6.45) is 26.1. The number of hydrogen-bond acceptors (Lipinski definition) is 10. The largest absolute Gasteiger partial charge is 0.264 e. The first-order valence-corrected chi connectivity index (χ1v) is 20.0. The van der Waals surface area contributed by atoms with Crippen LogP contribution in [0.3, 0.4) is 0 Å². The minimum Gasteiger partial charge on any atom is -0.264 e. The van der Waals surface area contributed by atoms with Crippen LogP contribution in [0.15, 0.2) is 110 Å². The summed E-state index contributed by atoms with van der Waals surface area (Å²) in [5.41, 5.74) is 7.09. The van der Waals surface area contributed by atoms with Gasteiger partial charge in [-0.05, 0) is 60.5 Å². The van der Waals surface area contributed by atoms with Crippen LogP contribution in [0.2, 0.25) is 0 Å². The molecule has 0 atom stereocenters. The van der Waals surface area contributed by atoms with Crippen molar-refractivity contribution in [3.63, 3.8) is 0 Å². The molecule has 0 spiro atoms. The fraction of sp³-hybridized carbons (Fsp3) is 0.333. The molecule has 0 amide bonds. The van der Waals surface area contributed by atoms with Gasteiger partial charge >= 0.3 is 0 Å². The van der Waals surface area contributed by atoms with Gasteiger partial charge in [-0.2, -0.15) is 0 Å². The molecule has 2 aliphatic rings. The van der Waals surface area contributed by atoms with Gasteiger partial charge in [0, 0.05) is 0 Å². The monoisotopic (exact) mass is 752 g/mol. The minimum absolute atomic E-state index is 0.262. The van der Waals surface area contributed by atoms with Gasteiger partial charge in [-0.3, -0.25) is 19.1 Å². The zero-order valence-corrected chi connectivity index (χ0v) is 32.3. The van der Waals surface area contributed by atoms with Gasteiger partial charge in [0.05, 0.1) is 60.0 Å². The fourth-order valence-corrected chi connectivity index (χ4v) is 9.43. The summed E-state index contributed by atoms with van der Waals surface area (Å²) in [7, 11) is 0. The molecule has 12 heteroatoms. The number of rotatable bonds is 10. The van der Waals surface area contributed by atoms with Gasteiger partial charge in [-0.1, -0.05) is 100 Å². The van der Waals surface area contributed by atoms with E-state index in [-0.39, 0.29) is 10.8 Å². The van der Waals surface area contributed by atoms with E-state index in [0.29, 0.717) is 45.6 Å². The highest BCUT2D eigenvalue weighted by Gasteiger charge is 2.42. The van der Waals surface area contributed by atoms with E-state index < -0.39 is 5.41 Å². The number of benzene rings is 2. The molecule has 57 heavy (non-hydrogen) atoms. The second-order valence-corrected chi connectivity index (χ2v) is 16.6. The van der Waals surface area contributed by atoms with E-state index >= 15 is 0 Å². The van der Waals surface area contributed by atoms with Gasteiger partial charge in [-0.15, -0.1) is 0 Å². The molecule has 0 unspecified atom stereocenters. The first-order chi connectivity index (χ1) is 27.9. The summed E-state index contributed by atoms with van der Waals surface area (Å²) < 4.78 is 3.72. The molecular formula is C45H44N12. The Kier molecular flexibility index (Phi) is 8.64. The van der Waals surface area contributed by atoms with E-state index in [1.165, 1.54) is 51.4 Å². The Bertz CT molecular complexity index is 2510. The minimum atomic E-state index is -1.04. The summed E-state index contributed by atoms with van der Waals surface area (Å²) in [4.78, 5) is 49.4. The Balaban J connectivity index is 1.09. The second kappa shape index (κ2) is 14.0. The Morgan fingerprint density at radius 2 is 0.930 bits per heavy atom. The highest BCUT2D eigenvalue weighted by atomic mass is 15.2. The van der Waals surface area contributed by atoms with Crippen molar-refractivity contribution >= 4 is 22.6 Å². The SMILES string of the molecule is CC1(Cc2cnc3c(ncn3-c3cncc(C(c4ccccc4)(c4ccccc4)c4cncc(-n5cnc6nc(CC7(C)CCCC7)cnc65)n4)n3)n2)CCCC1. The van der Waals surface area contributed by atoms with Gasteiger partial charge in [0.15, 0.2) is 34.2 Å². The first-order valence-electron chi connectivity index (χ1n) is 20.0. The Morgan fingerprint density at radius 3 is 1.35 bits per heavy atom. The van der Waals surface area contributed by atoms with E-state index in [2.05, 4.69) is 38.1 Å². The molecule has 2 saturated carbocycles. The van der Waals surface area contributed by atoms with E-state index in [0.717, 1.165) is 35.4 Å². The molecule has 0 N–H and O–H groups in total. The van der Waals surface area contributed by atoms with E-state index in [4.69, 9.17) is 49.8 Å². The van der Waals surface area contributed by atoms with Gasteiger partial charge in [0.1, 0.15) is 18.1 Å². The first kappa shape index (κ1) is 35.1. The molecule has 8 aromatic rings. The van der Waals surface area contributed by atoms with Crippen LogP contribution in [-0.2, 0) is 18.3 Å². The van der Waals surface area contributed by atoms with E-state index in [1.54, 1.807) is 25.0 Å². The molecule has 10 rings (SSSR count). The number of aromatic nitrogens is 12. The topological polar surface area (TPSA) is 139 Å². The maximum absolute atomic E-state index is 5.37.